The Morgan fingerprint density at radius 2 is 1.83 bits per heavy atom. The topological polar surface area (TPSA) is 78.9 Å². The van der Waals surface area contributed by atoms with Crippen molar-refractivity contribution in [3.8, 4) is 0 Å². The fourth-order valence-electron chi connectivity index (χ4n) is 4.42. The maximum absolute atomic E-state index is 13.7. The van der Waals surface area contributed by atoms with Crippen LogP contribution in [0.15, 0.2) is 42.5 Å². The van der Waals surface area contributed by atoms with Gasteiger partial charge in [-0.3, -0.25) is 0 Å². The minimum atomic E-state index is -0.900. The average molecular weight is 550 g/mol. The number of hydrogen-bond acceptors (Lipinski definition) is 4. The van der Waals surface area contributed by atoms with Crippen LogP contribution in [-0.2, 0) is 20.2 Å². The van der Waals surface area contributed by atoms with Gasteiger partial charge in [-0.15, -0.1) is 0 Å². The van der Waals surface area contributed by atoms with Crippen molar-refractivity contribution in [2.75, 3.05) is 20.2 Å². The average Bonchev–Trinajstić information content (AvgIpc) is 2.76. The van der Waals surface area contributed by atoms with Crippen LogP contribution >= 0.6 is 0 Å². The summed E-state index contributed by atoms with van der Waals surface area (Å²) in [5.74, 6) is -1.38. The summed E-state index contributed by atoms with van der Waals surface area (Å²) in [7, 11) is 1.36. The molecule has 1 aliphatic heterocycles. The number of hydrogen-bond donors (Lipinski definition) is 2. The molecule has 1 saturated heterocycles. The quantitative estimate of drug-likeness (QED) is 0.470. The molecular formula is C26H33AsF2N2O4. The van der Waals surface area contributed by atoms with Crippen LogP contribution < -0.4 is 5.32 Å². The number of aliphatic hydroxyl groups excluding tert-OH is 1. The third kappa shape index (κ3) is 6.83. The Hall–Kier alpha value is -2.44. The monoisotopic (exact) mass is 550 g/mol. The number of likely N-dealkylation sites (tertiary alicyclic amines) is 1. The molecule has 2 amide bonds. The van der Waals surface area contributed by atoms with Crippen molar-refractivity contribution in [3.63, 3.8) is 0 Å². The molecule has 3 atom stereocenters. The number of ether oxygens (including phenoxy) is 1. The third-order valence-corrected chi connectivity index (χ3v) is 10.3. The molecule has 0 bridgehead atoms. The van der Waals surface area contributed by atoms with E-state index in [1.54, 1.807) is 4.90 Å². The van der Waals surface area contributed by atoms with E-state index in [1.165, 1.54) is 31.7 Å². The molecule has 0 spiro atoms. The molecule has 3 rings (SSSR count). The van der Waals surface area contributed by atoms with Gasteiger partial charge in [-0.1, -0.05) is 0 Å². The van der Waals surface area contributed by atoms with Crippen LogP contribution in [0.3, 0.4) is 0 Å². The molecule has 35 heavy (non-hydrogen) atoms. The second kappa shape index (κ2) is 11.5. The summed E-state index contributed by atoms with van der Waals surface area (Å²) in [5, 5.41) is 14.3. The molecule has 1 aliphatic rings. The van der Waals surface area contributed by atoms with Gasteiger partial charge in [0.25, 0.3) is 0 Å². The molecular weight excluding hydrogens is 517 g/mol. The molecule has 0 saturated carbocycles. The zero-order valence-electron chi connectivity index (χ0n) is 20.5. The maximum atomic E-state index is 13.7. The molecule has 1 fully saturated rings. The zero-order chi connectivity index (χ0) is 25.8. The number of benzene rings is 2. The van der Waals surface area contributed by atoms with Gasteiger partial charge in [0, 0.05) is 0 Å². The number of carbonyl (C=O) groups excluding carboxylic acids is 2. The summed E-state index contributed by atoms with van der Waals surface area (Å²) in [4.78, 5) is 25.5. The van der Waals surface area contributed by atoms with Gasteiger partial charge in [-0.05, 0) is 0 Å². The van der Waals surface area contributed by atoms with Crippen LogP contribution in [-0.4, -0.2) is 70.1 Å². The molecule has 190 valence electrons. The van der Waals surface area contributed by atoms with Crippen molar-refractivity contribution in [1.82, 2.24) is 10.2 Å². The predicted octanol–water partition coefficient (Wildman–Crippen LogP) is 3.33. The summed E-state index contributed by atoms with van der Waals surface area (Å²) in [6, 6.07) is 10.9. The Bertz CT molecular complexity index is 1040. The Morgan fingerprint density at radius 1 is 1.17 bits per heavy atom. The van der Waals surface area contributed by atoms with E-state index in [2.05, 4.69) is 37.4 Å². The van der Waals surface area contributed by atoms with E-state index in [1.807, 2.05) is 6.07 Å². The number of methoxy groups -OCH3 is 1. The van der Waals surface area contributed by atoms with Crippen LogP contribution in [0.5, 0.6) is 0 Å². The van der Waals surface area contributed by atoms with Crippen LogP contribution in [0.2, 0.25) is 5.21 Å². The van der Waals surface area contributed by atoms with Crippen molar-refractivity contribution >= 4 is 27.8 Å². The van der Waals surface area contributed by atoms with E-state index >= 15 is 0 Å². The first-order chi connectivity index (χ1) is 16.5. The van der Waals surface area contributed by atoms with E-state index in [-0.39, 0.29) is 22.6 Å². The first-order valence-corrected chi connectivity index (χ1v) is 14.1. The molecule has 9 heteroatoms. The summed E-state index contributed by atoms with van der Waals surface area (Å²) >= 11 is -0.865. The first-order valence-electron chi connectivity index (χ1n) is 11.6. The van der Waals surface area contributed by atoms with Gasteiger partial charge < -0.3 is 0 Å². The summed E-state index contributed by atoms with van der Waals surface area (Å²) < 4.78 is 32.0. The van der Waals surface area contributed by atoms with E-state index in [0.29, 0.717) is 29.8 Å². The van der Waals surface area contributed by atoms with Crippen molar-refractivity contribution in [3.05, 3.63) is 70.8 Å². The predicted molar refractivity (Wildman–Crippen MR) is 132 cm³/mol. The number of nitrogens with zero attached hydrogens (tertiary/aromatic N) is 1. The van der Waals surface area contributed by atoms with E-state index in [9.17, 15) is 23.5 Å². The van der Waals surface area contributed by atoms with E-state index in [0.717, 1.165) is 11.6 Å². The molecule has 0 radical (unpaired) electrons. The second-order valence-electron chi connectivity index (χ2n) is 9.43. The molecule has 2 aromatic carbocycles. The van der Waals surface area contributed by atoms with Gasteiger partial charge >= 0.3 is 212 Å². The van der Waals surface area contributed by atoms with Gasteiger partial charge in [0.2, 0.25) is 0 Å². The van der Waals surface area contributed by atoms with E-state index < -0.39 is 39.5 Å². The van der Waals surface area contributed by atoms with Gasteiger partial charge in [0.1, 0.15) is 0 Å². The fourth-order valence-corrected chi connectivity index (χ4v) is 8.30. The number of amides is 2. The third-order valence-electron chi connectivity index (χ3n) is 6.34. The SMILES string of the molecule is COC(=O)N1CC([AsH]C[C@H](O)[C@H](Cc2cc(F)cc(F)c2)NC(C)=O)(c2cccc(C(C)C)c2)C1. The standard InChI is InChI=1S/C26H33AsF2N2O4/c1-16(2)19-6-5-7-20(11-19)26(14-31(15-26)25(34)35-4)27-13-24(33)23(30-17(3)32)10-18-8-21(28)12-22(29)9-18/h5-9,11-12,16,23-24,27,33H,10,13-15H2,1-4H3,(H,30,32)/t23-,24-/m0/s1. The van der Waals surface area contributed by atoms with Gasteiger partial charge in [-0.25, -0.2) is 0 Å². The Kier molecular flexibility index (Phi) is 8.94. The second-order valence-corrected chi connectivity index (χ2v) is 13.0. The first kappa shape index (κ1) is 27.2. The zero-order valence-corrected chi connectivity index (χ0v) is 22.6. The molecule has 0 aliphatic carbocycles. The molecule has 2 aromatic rings. The molecule has 6 nitrogen and oxygen atoms in total. The van der Waals surface area contributed by atoms with Crippen LogP contribution in [0.25, 0.3) is 0 Å². The molecule has 2 N–H and O–H groups in total. The Morgan fingerprint density at radius 3 is 2.40 bits per heavy atom. The summed E-state index contributed by atoms with van der Waals surface area (Å²) in [6.07, 6.45) is -1.18. The number of aliphatic hydroxyl groups is 1. The van der Waals surface area contributed by atoms with Crippen molar-refractivity contribution in [2.45, 2.75) is 54.7 Å². The molecule has 1 heterocycles. The number of rotatable bonds is 9. The minimum absolute atomic E-state index is 0.103. The van der Waals surface area contributed by atoms with Crippen LogP contribution in [0, 0.1) is 11.6 Å². The van der Waals surface area contributed by atoms with Crippen LogP contribution in [0.4, 0.5) is 13.6 Å². The van der Waals surface area contributed by atoms with Gasteiger partial charge in [-0.2, -0.15) is 0 Å². The summed E-state index contributed by atoms with van der Waals surface area (Å²) in [6.45, 7) is 6.62. The van der Waals surface area contributed by atoms with Crippen LogP contribution in [0.1, 0.15) is 43.4 Å². The molecule has 1 unspecified atom stereocenters. The Labute approximate surface area is 211 Å². The summed E-state index contributed by atoms with van der Waals surface area (Å²) in [5.41, 5.74) is 2.70. The Balaban J connectivity index is 1.79. The van der Waals surface area contributed by atoms with Gasteiger partial charge in [0.05, 0.1) is 0 Å². The van der Waals surface area contributed by atoms with Gasteiger partial charge in [0.15, 0.2) is 0 Å². The van der Waals surface area contributed by atoms with Crippen molar-refractivity contribution in [2.24, 2.45) is 0 Å². The van der Waals surface area contributed by atoms with E-state index in [4.69, 9.17) is 4.74 Å². The number of carbonyl (C=O) groups is 2. The molecule has 0 aromatic heterocycles. The number of nitrogens with one attached hydrogen (secondary N) is 1. The van der Waals surface area contributed by atoms with Crippen molar-refractivity contribution in [1.29, 1.82) is 0 Å². The van der Waals surface area contributed by atoms with Crippen molar-refractivity contribution < 1.29 is 28.2 Å². The fraction of sp³-hybridized carbons (Fsp3) is 0.462. The number of halogens is 2. The normalized spacial score (nSPS) is 16.7.